The Kier molecular flexibility index (Phi) is 7.69. The van der Waals surface area contributed by atoms with E-state index in [1.807, 2.05) is 27.7 Å². The van der Waals surface area contributed by atoms with Gasteiger partial charge in [0.2, 0.25) is 0 Å². The standard InChI is InChI=1S/C24H24Cl2O6/c1-13(2)11-29-23(27)31-21-17-6-5-7-19(26)20(17)22(32-24(28)30-12-14(3)4)16-9-8-15(25)10-18(16)21/h5-10,13-14H,11-12H2,1-4H3. The van der Waals surface area contributed by atoms with Crippen molar-refractivity contribution in [1.29, 1.82) is 0 Å². The van der Waals surface area contributed by atoms with E-state index in [2.05, 4.69) is 0 Å². The summed E-state index contributed by atoms with van der Waals surface area (Å²) in [4.78, 5) is 24.7. The van der Waals surface area contributed by atoms with Crippen molar-refractivity contribution >= 4 is 57.1 Å². The van der Waals surface area contributed by atoms with E-state index in [0.717, 1.165) is 0 Å². The molecule has 0 aliphatic rings. The summed E-state index contributed by atoms with van der Waals surface area (Å²) < 4.78 is 21.5. The number of hydrogen-bond donors (Lipinski definition) is 0. The molecule has 0 saturated heterocycles. The fourth-order valence-electron chi connectivity index (χ4n) is 3.04. The third-order valence-electron chi connectivity index (χ3n) is 4.40. The van der Waals surface area contributed by atoms with Gasteiger partial charge in [0.1, 0.15) is 0 Å². The summed E-state index contributed by atoms with van der Waals surface area (Å²) in [6, 6.07) is 9.98. The second-order valence-corrected chi connectivity index (χ2v) is 8.97. The highest BCUT2D eigenvalue weighted by atomic mass is 35.5. The van der Waals surface area contributed by atoms with Crippen molar-refractivity contribution in [2.45, 2.75) is 27.7 Å². The van der Waals surface area contributed by atoms with Crippen LogP contribution in [0.2, 0.25) is 10.0 Å². The van der Waals surface area contributed by atoms with Gasteiger partial charge in [-0.3, -0.25) is 0 Å². The highest BCUT2D eigenvalue weighted by molar-refractivity contribution is 6.38. The molecule has 0 radical (unpaired) electrons. The summed E-state index contributed by atoms with van der Waals surface area (Å²) in [7, 11) is 0. The molecule has 0 amide bonds. The van der Waals surface area contributed by atoms with E-state index in [-0.39, 0.29) is 36.5 Å². The number of hydrogen-bond acceptors (Lipinski definition) is 6. The molecule has 32 heavy (non-hydrogen) atoms. The number of carbonyl (C=O) groups excluding carboxylic acids is 2. The van der Waals surface area contributed by atoms with Gasteiger partial charge in [-0.25, -0.2) is 9.59 Å². The van der Waals surface area contributed by atoms with Crippen molar-refractivity contribution in [2.75, 3.05) is 13.2 Å². The van der Waals surface area contributed by atoms with Crippen LogP contribution in [-0.4, -0.2) is 25.5 Å². The van der Waals surface area contributed by atoms with Crippen LogP contribution < -0.4 is 9.47 Å². The van der Waals surface area contributed by atoms with Gasteiger partial charge in [-0.2, -0.15) is 0 Å². The van der Waals surface area contributed by atoms with E-state index >= 15 is 0 Å². The van der Waals surface area contributed by atoms with E-state index in [1.54, 1.807) is 36.4 Å². The number of carbonyl (C=O) groups is 2. The predicted molar refractivity (Wildman–Crippen MR) is 125 cm³/mol. The van der Waals surface area contributed by atoms with Gasteiger partial charge in [0, 0.05) is 26.6 Å². The molecule has 0 saturated carbocycles. The van der Waals surface area contributed by atoms with Gasteiger partial charge in [0.25, 0.3) is 0 Å². The number of halogens is 2. The molecule has 0 aliphatic heterocycles. The number of fused-ring (bicyclic) bond motifs is 2. The first-order valence-corrected chi connectivity index (χ1v) is 11.0. The van der Waals surface area contributed by atoms with Crippen molar-refractivity contribution in [3.05, 3.63) is 46.4 Å². The minimum Gasteiger partial charge on any atom is -0.434 e. The van der Waals surface area contributed by atoms with Crippen LogP contribution in [0.5, 0.6) is 11.5 Å². The van der Waals surface area contributed by atoms with Crippen LogP contribution in [0.4, 0.5) is 9.59 Å². The van der Waals surface area contributed by atoms with E-state index in [1.165, 1.54) is 0 Å². The summed E-state index contributed by atoms with van der Waals surface area (Å²) in [5.41, 5.74) is 0. The zero-order chi connectivity index (χ0) is 23.4. The quantitative estimate of drug-likeness (QED) is 0.206. The topological polar surface area (TPSA) is 71.1 Å². The van der Waals surface area contributed by atoms with Gasteiger partial charge in [-0.1, -0.05) is 63.0 Å². The van der Waals surface area contributed by atoms with Crippen molar-refractivity contribution in [2.24, 2.45) is 11.8 Å². The highest BCUT2D eigenvalue weighted by Gasteiger charge is 2.23. The third-order valence-corrected chi connectivity index (χ3v) is 4.95. The van der Waals surface area contributed by atoms with Gasteiger partial charge >= 0.3 is 12.3 Å². The largest absolute Gasteiger partial charge is 0.513 e. The van der Waals surface area contributed by atoms with Gasteiger partial charge in [0.05, 0.1) is 18.2 Å². The molecule has 0 N–H and O–H groups in total. The van der Waals surface area contributed by atoms with Crippen LogP contribution in [0, 0.1) is 11.8 Å². The van der Waals surface area contributed by atoms with Crippen molar-refractivity contribution < 1.29 is 28.5 Å². The van der Waals surface area contributed by atoms with Gasteiger partial charge in [-0.15, -0.1) is 0 Å². The lowest BCUT2D eigenvalue weighted by molar-refractivity contribution is 0.0879. The molecule has 0 aromatic heterocycles. The Morgan fingerprint density at radius 1 is 0.781 bits per heavy atom. The minimum atomic E-state index is -0.860. The fourth-order valence-corrected chi connectivity index (χ4v) is 3.47. The zero-order valence-electron chi connectivity index (χ0n) is 18.2. The van der Waals surface area contributed by atoms with Crippen molar-refractivity contribution in [3.63, 3.8) is 0 Å². The second kappa shape index (κ2) is 10.3. The van der Waals surface area contributed by atoms with Crippen LogP contribution in [0.25, 0.3) is 21.5 Å². The molecule has 3 rings (SSSR count). The van der Waals surface area contributed by atoms with Gasteiger partial charge < -0.3 is 18.9 Å². The molecule has 0 fully saturated rings. The molecule has 0 spiro atoms. The fraction of sp³-hybridized carbons (Fsp3) is 0.333. The van der Waals surface area contributed by atoms with Gasteiger partial charge in [0.15, 0.2) is 11.5 Å². The maximum absolute atomic E-state index is 12.4. The summed E-state index contributed by atoms with van der Waals surface area (Å²) in [5, 5.41) is 2.51. The smallest absolute Gasteiger partial charge is 0.434 e. The Morgan fingerprint density at radius 3 is 1.97 bits per heavy atom. The first kappa shape index (κ1) is 24.0. The van der Waals surface area contributed by atoms with Crippen LogP contribution in [0.3, 0.4) is 0 Å². The molecule has 0 bridgehead atoms. The summed E-state index contributed by atoms with van der Waals surface area (Å²) >= 11 is 12.7. The molecule has 8 heteroatoms. The molecule has 3 aromatic carbocycles. The molecular formula is C24H24Cl2O6. The zero-order valence-corrected chi connectivity index (χ0v) is 19.8. The normalized spacial score (nSPS) is 11.2. The summed E-state index contributed by atoms with van der Waals surface area (Å²) in [5.74, 6) is 0.684. The molecule has 0 atom stereocenters. The maximum atomic E-state index is 12.4. The monoisotopic (exact) mass is 478 g/mol. The number of ether oxygens (including phenoxy) is 4. The average Bonchev–Trinajstić information content (AvgIpc) is 2.73. The Hall–Kier alpha value is -2.70. The highest BCUT2D eigenvalue weighted by Crippen LogP contribution is 2.46. The number of rotatable bonds is 6. The molecule has 0 unspecified atom stereocenters. The molecule has 170 valence electrons. The predicted octanol–water partition coefficient (Wildman–Crippen LogP) is 7.64. The van der Waals surface area contributed by atoms with Crippen LogP contribution in [0.1, 0.15) is 27.7 Å². The Bertz CT molecular complexity index is 1150. The molecule has 3 aromatic rings. The van der Waals surface area contributed by atoms with E-state index in [4.69, 9.17) is 42.1 Å². The van der Waals surface area contributed by atoms with E-state index in [0.29, 0.717) is 31.6 Å². The Morgan fingerprint density at radius 2 is 1.38 bits per heavy atom. The van der Waals surface area contributed by atoms with Crippen molar-refractivity contribution in [1.82, 2.24) is 0 Å². The Balaban J connectivity index is 2.17. The summed E-state index contributed by atoms with van der Waals surface area (Å²) in [6.07, 6.45) is -1.72. The lowest BCUT2D eigenvalue weighted by atomic mass is 10.0. The number of benzene rings is 3. The minimum absolute atomic E-state index is 0.145. The maximum Gasteiger partial charge on any atom is 0.513 e. The van der Waals surface area contributed by atoms with Crippen molar-refractivity contribution in [3.8, 4) is 11.5 Å². The first-order valence-electron chi connectivity index (χ1n) is 10.2. The average molecular weight is 479 g/mol. The van der Waals surface area contributed by atoms with Crippen LogP contribution >= 0.6 is 23.2 Å². The van der Waals surface area contributed by atoms with Gasteiger partial charge in [-0.05, 0) is 36.1 Å². The van der Waals surface area contributed by atoms with E-state index in [9.17, 15) is 9.59 Å². The molecule has 6 nitrogen and oxygen atoms in total. The third kappa shape index (κ3) is 5.56. The summed E-state index contributed by atoms with van der Waals surface area (Å²) in [6.45, 7) is 8.09. The second-order valence-electron chi connectivity index (χ2n) is 8.12. The lowest BCUT2D eigenvalue weighted by Gasteiger charge is -2.17. The van der Waals surface area contributed by atoms with E-state index < -0.39 is 12.3 Å². The van der Waals surface area contributed by atoms with Crippen LogP contribution in [0.15, 0.2) is 36.4 Å². The Labute approximate surface area is 196 Å². The lowest BCUT2D eigenvalue weighted by Crippen LogP contribution is -2.16. The molecule has 0 aliphatic carbocycles. The molecule has 0 heterocycles. The first-order chi connectivity index (χ1) is 15.2. The molecular weight excluding hydrogens is 455 g/mol. The SMILES string of the molecule is CC(C)COC(=O)Oc1c2cc(Cl)ccc2c(OC(=O)OCC(C)C)c2c(Cl)cccc12. The van der Waals surface area contributed by atoms with Crippen LogP contribution in [-0.2, 0) is 9.47 Å².